The van der Waals surface area contributed by atoms with E-state index in [2.05, 4.69) is 10.9 Å². The van der Waals surface area contributed by atoms with Gasteiger partial charge in [-0.25, -0.2) is 5.01 Å². The third-order valence-corrected chi connectivity index (χ3v) is 2.17. The van der Waals surface area contributed by atoms with E-state index in [0.717, 1.165) is 5.56 Å². The van der Waals surface area contributed by atoms with Crippen molar-refractivity contribution >= 4 is 11.8 Å². The fourth-order valence-electron chi connectivity index (χ4n) is 1.34. The number of hydrazine groups is 1. The molecule has 0 heterocycles. The zero-order chi connectivity index (χ0) is 13.4. The van der Waals surface area contributed by atoms with E-state index in [1.807, 2.05) is 30.3 Å². The largest absolute Gasteiger partial charge is 0.347 e. The van der Waals surface area contributed by atoms with Crippen molar-refractivity contribution in [2.45, 2.75) is 13.5 Å². The Morgan fingerprint density at radius 3 is 2.50 bits per heavy atom. The van der Waals surface area contributed by atoms with E-state index in [-0.39, 0.29) is 18.4 Å². The van der Waals surface area contributed by atoms with Crippen LogP contribution in [0, 0.1) is 0 Å². The third-order valence-electron chi connectivity index (χ3n) is 2.17. The van der Waals surface area contributed by atoms with Crippen LogP contribution in [-0.2, 0) is 21.0 Å². The van der Waals surface area contributed by atoms with Crippen LogP contribution in [0.15, 0.2) is 30.3 Å². The number of benzene rings is 1. The summed E-state index contributed by atoms with van der Waals surface area (Å²) < 4.78 is 0. The number of nitrogens with zero attached hydrogens (tertiary/aromatic N) is 1. The number of hydrogen-bond acceptors (Lipinski definition) is 4. The minimum absolute atomic E-state index is 0.0709. The zero-order valence-electron chi connectivity index (χ0n) is 10.5. The highest BCUT2D eigenvalue weighted by Gasteiger charge is 2.13. The summed E-state index contributed by atoms with van der Waals surface area (Å²) >= 11 is 0. The van der Waals surface area contributed by atoms with Crippen LogP contribution in [0.1, 0.15) is 12.5 Å². The van der Waals surface area contributed by atoms with Gasteiger partial charge in [-0.05, 0) is 5.56 Å². The van der Waals surface area contributed by atoms with Crippen molar-refractivity contribution in [3.63, 3.8) is 0 Å². The van der Waals surface area contributed by atoms with E-state index in [9.17, 15) is 9.59 Å². The van der Waals surface area contributed by atoms with E-state index in [1.54, 1.807) is 0 Å². The van der Waals surface area contributed by atoms with Gasteiger partial charge in [-0.1, -0.05) is 30.3 Å². The molecule has 2 N–H and O–H groups in total. The molecule has 0 aliphatic rings. The lowest BCUT2D eigenvalue weighted by Crippen LogP contribution is -2.46. The first-order valence-electron chi connectivity index (χ1n) is 5.51. The highest BCUT2D eigenvalue weighted by molar-refractivity contribution is 5.83. The van der Waals surface area contributed by atoms with Gasteiger partial charge in [0.1, 0.15) is 0 Å². The van der Waals surface area contributed by atoms with Crippen molar-refractivity contribution in [2.24, 2.45) is 0 Å². The number of nitrogens with one attached hydrogen (secondary N) is 2. The van der Waals surface area contributed by atoms with Crippen LogP contribution < -0.4 is 10.9 Å². The Labute approximate surface area is 106 Å². The second-order valence-corrected chi connectivity index (χ2v) is 3.67. The predicted octanol–water partition coefficient (Wildman–Crippen LogP) is 0.217. The molecule has 6 heteroatoms. The van der Waals surface area contributed by atoms with E-state index >= 15 is 0 Å². The second-order valence-electron chi connectivity index (χ2n) is 3.67. The van der Waals surface area contributed by atoms with Crippen LogP contribution in [-0.4, -0.2) is 30.5 Å². The van der Waals surface area contributed by atoms with Gasteiger partial charge >= 0.3 is 0 Å². The van der Waals surface area contributed by atoms with Gasteiger partial charge in [-0.3, -0.25) is 14.4 Å². The summed E-state index contributed by atoms with van der Waals surface area (Å²) in [6, 6.07) is 9.47. The van der Waals surface area contributed by atoms with Crippen molar-refractivity contribution in [2.75, 3.05) is 13.7 Å². The topological polar surface area (TPSA) is 70.7 Å². The molecule has 6 nitrogen and oxygen atoms in total. The maximum Gasteiger partial charge on any atom is 0.258 e. The van der Waals surface area contributed by atoms with Gasteiger partial charge in [0.25, 0.3) is 5.91 Å². The first-order valence-corrected chi connectivity index (χ1v) is 5.51. The molecular formula is C12H17N3O3. The maximum atomic E-state index is 11.8. The van der Waals surface area contributed by atoms with Gasteiger partial charge in [0.05, 0.1) is 20.2 Å². The van der Waals surface area contributed by atoms with Gasteiger partial charge in [-0.2, -0.15) is 0 Å². The molecule has 1 aromatic rings. The van der Waals surface area contributed by atoms with Crippen LogP contribution in [0.5, 0.6) is 0 Å². The van der Waals surface area contributed by atoms with Gasteiger partial charge < -0.3 is 5.32 Å². The quantitative estimate of drug-likeness (QED) is 0.709. The molecule has 0 fully saturated rings. The average molecular weight is 251 g/mol. The first kappa shape index (κ1) is 14.1. The highest BCUT2D eigenvalue weighted by atomic mass is 16.7. The molecule has 0 radical (unpaired) electrons. The van der Waals surface area contributed by atoms with E-state index < -0.39 is 0 Å². The molecule has 0 bridgehead atoms. The molecule has 98 valence electrons. The summed E-state index contributed by atoms with van der Waals surface area (Å²) in [5, 5.41) is 3.74. The fraction of sp³-hybridized carbons (Fsp3) is 0.333. The standard InChI is InChI=1S/C12H17N3O3/c1-10(16)13-8-12(17)15(14-18-2)9-11-6-4-3-5-7-11/h3-7,14H,8-9H2,1-2H3,(H,13,16). The molecule has 0 aliphatic carbocycles. The summed E-state index contributed by atoms with van der Waals surface area (Å²) in [5.41, 5.74) is 3.44. The Hall–Kier alpha value is -1.92. The average Bonchev–Trinajstić information content (AvgIpc) is 2.36. The van der Waals surface area contributed by atoms with Gasteiger partial charge in [0.2, 0.25) is 5.91 Å². The maximum absolute atomic E-state index is 11.8. The molecule has 0 atom stereocenters. The lowest BCUT2D eigenvalue weighted by atomic mass is 10.2. The Bertz CT molecular complexity index is 395. The first-order chi connectivity index (χ1) is 8.63. The van der Waals surface area contributed by atoms with Crippen LogP contribution in [0.25, 0.3) is 0 Å². The Kier molecular flexibility index (Phi) is 5.83. The van der Waals surface area contributed by atoms with Crippen molar-refractivity contribution in [3.8, 4) is 0 Å². The number of hydrogen-bond donors (Lipinski definition) is 2. The molecule has 18 heavy (non-hydrogen) atoms. The Morgan fingerprint density at radius 2 is 1.94 bits per heavy atom. The van der Waals surface area contributed by atoms with Crippen LogP contribution in [0.4, 0.5) is 0 Å². The lowest BCUT2D eigenvalue weighted by molar-refractivity contribution is -0.149. The summed E-state index contributed by atoms with van der Waals surface area (Å²) in [6.45, 7) is 1.64. The van der Waals surface area contributed by atoms with Crippen molar-refractivity contribution in [3.05, 3.63) is 35.9 Å². The minimum atomic E-state index is -0.282. The van der Waals surface area contributed by atoms with E-state index in [0.29, 0.717) is 6.54 Å². The molecule has 0 saturated heterocycles. The van der Waals surface area contributed by atoms with Crippen molar-refractivity contribution in [1.29, 1.82) is 0 Å². The van der Waals surface area contributed by atoms with E-state index in [4.69, 9.17) is 4.84 Å². The molecule has 0 aliphatic heterocycles. The molecule has 0 unspecified atom stereocenters. The minimum Gasteiger partial charge on any atom is -0.347 e. The van der Waals surface area contributed by atoms with Gasteiger partial charge in [0.15, 0.2) is 0 Å². The van der Waals surface area contributed by atoms with Crippen LogP contribution in [0.2, 0.25) is 0 Å². The summed E-state index contributed by atoms with van der Waals surface area (Å²) in [5.74, 6) is -0.531. The normalized spacial score (nSPS) is 9.89. The number of amides is 2. The van der Waals surface area contributed by atoms with Gasteiger partial charge in [-0.15, -0.1) is 5.59 Å². The monoisotopic (exact) mass is 251 g/mol. The highest BCUT2D eigenvalue weighted by Crippen LogP contribution is 2.02. The smallest absolute Gasteiger partial charge is 0.258 e. The zero-order valence-corrected chi connectivity index (χ0v) is 10.5. The van der Waals surface area contributed by atoms with Crippen molar-refractivity contribution in [1.82, 2.24) is 15.9 Å². The Morgan fingerprint density at radius 1 is 1.28 bits per heavy atom. The predicted molar refractivity (Wildman–Crippen MR) is 65.8 cm³/mol. The summed E-state index contributed by atoms with van der Waals surface area (Å²) in [4.78, 5) is 27.3. The van der Waals surface area contributed by atoms with Crippen molar-refractivity contribution < 1.29 is 14.4 Å². The molecule has 0 aromatic heterocycles. The van der Waals surface area contributed by atoms with E-state index in [1.165, 1.54) is 19.0 Å². The summed E-state index contributed by atoms with van der Waals surface area (Å²) in [7, 11) is 1.42. The number of carbonyl (C=O) groups excluding carboxylic acids is 2. The van der Waals surface area contributed by atoms with Crippen LogP contribution in [0.3, 0.4) is 0 Å². The Balaban J connectivity index is 2.58. The summed E-state index contributed by atoms with van der Waals surface area (Å²) in [6.07, 6.45) is 0. The third kappa shape index (κ3) is 4.94. The number of carbonyl (C=O) groups is 2. The molecular weight excluding hydrogens is 234 g/mol. The molecule has 0 saturated carbocycles. The fourth-order valence-corrected chi connectivity index (χ4v) is 1.34. The van der Waals surface area contributed by atoms with Gasteiger partial charge in [0, 0.05) is 6.92 Å². The number of rotatable bonds is 6. The lowest BCUT2D eigenvalue weighted by Gasteiger charge is -2.22. The molecule has 1 aromatic carbocycles. The van der Waals surface area contributed by atoms with Crippen LogP contribution >= 0.6 is 0 Å². The SMILES string of the molecule is CONN(Cc1ccccc1)C(=O)CNC(C)=O. The molecule has 2 amide bonds. The second kappa shape index (κ2) is 7.41. The molecule has 1 rings (SSSR count). The molecule has 0 spiro atoms.